The number of carboxylic acids is 1. The van der Waals surface area contributed by atoms with E-state index in [1.165, 1.54) is 13.8 Å². The Morgan fingerprint density at radius 2 is 1.37 bits per heavy atom. The Kier molecular flexibility index (Phi) is 5.52. The van der Waals surface area contributed by atoms with Crippen molar-refractivity contribution < 1.29 is 19.5 Å². The van der Waals surface area contributed by atoms with Gasteiger partial charge in [-0.1, -0.05) is 0 Å². The molecule has 0 aliphatic heterocycles. The van der Waals surface area contributed by atoms with E-state index in [1.54, 1.807) is 6.07 Å². The monoisotopic (exact) mass is 488 g/mol. The highest BCUT2D eigenvalue weighted by molar-refractivity contribution is 14.1. The second-order valence-corrected chi connectivity index (χ2v) is 5.80. The van der Waals surface area contributed by atoms with Gasteiger partial charge in [0, 0.05) is 13.8 Å². The average molecular weight is 488 g/mol. The van der Waals surface area contributed by atoms with E-state index in [0.717, 1.165) is 0 Å². The Bertz CT molecular complexity index is 532. The fourth-order valence-corrected chi connectivity index (χ4v) is 3.48. The van der Waals surface area contributed by atoms with E-state index in [1.807, 2.05) is 45.2 Å². The molecular weight excluding hydrogens is 478 g/mol. The summed E-state index contributed by atoms with van der Waals surface area (Å²) in [6.07, 6.45) is 0. The molecule has 0 radical (unpaired) electrons. The zero-order valence-corrected chi connectivity index (χ0v) is 14.3. The van der Waals surface area contributed by atoms with E-state index < -0.39 is 5.97 Å². The minimum Gasteiger partial charge on any atom is -0.478 e. The largest absolute Gasteiger partial charge is 0.478 e. The van der Waals surface area contributed by atoms with Gasteiger partial charge in [0.15, 0.2) is 0 Å². The van der Waals surface area contributed by atoms with Gasteiger partial charge in [-0.3, -0.25) is 9.59 Å². The molecule has 0 atom stereocenters. The summed E-state index contributed by atoms with van der Waals surface area (Å²) in [5.74, 6) is -1.75. The van der Waals surface area contributed by atoms with E-state index in [4.69, 9.17) is 0 Å². The lowest BCUT2D eigenvalue weighted by Gasteiger charge is -2.14. The van der Waals surface area contributed by atoms with Gasteiger partial charge >= 0.3 is 5.97 Å². The van der Waals surface area contributed by atoms with Crippen LogP contribution in [0.1, 0.15) is 24.2 Å². The molecule has 19 heavy (non-hydrogen) atoms. The molecule has 0 spiro atoms. The van der Waals surface area contributed by atoms with Crippen LogP contribution in [-0.2, 0) is 9.59 Å². The predicted molar refractivity (Wildman–Crippen MR) is 87.4 cm³/mol. The van der Waals surface area contributed by atoms with Gasteiger partial charge in [-0.25, -0.2) is 4.79 Å². The maximum Gasteiger partial charge on any atom is 0.338 e. The van der Waals surface area contributed by atoms with Crippen LogP contribution < -0.4 is 10.6 Å². The quantitative estimate of drug-likeness (QED) is 0.571. The standard InChI is InChI=1S/C11H10I2N2O4/c1-4(16)14-6-3-7(15-5(2)17)10(13)8(9(6)12)11(18)19/h3H,1-2H3,(H,14,16)(H,15,17)(H,18,19). The molecule has 1 aromatic rings. The number of benzene rings is 1. The zero-order valence-electron chi connectivity index (χ0n) is 10.0. The van der Waals surface area contributed by atoms with Gasteiger partial charge in [-0.05, 0) is 51.2 Å². The van der Waals surface area contributed by atoms with E-state index in [0.29, 0.717) is 18.5 Å². The Hall–Kier alpha value is -0.910. The molecule has 0 unspecified atom stereocenters. The van der Waals surface area contributed by atoms with Crippen LogP contribution in [0.4, 0.5) is 11.4 Å². The van der Waals surface area contributed by atoms with Crippen LogP contribution in [0, 0.1) is 7.14 Å². The molecule has 0 heterocycles. The summed E-state index contributed by atoms with van der Waals surface area (Å²) >= 11 is 3.70. The topological polar surface area (TPSA) is 95.5 Å². The van der Waals surface area contributed by atoms with Crippen LogP contribution in [0.3, 0.4) is 0 Å². The lowest BCUT2D eigenvalue weighted by atomic mass is 10.1. The highest BCUT2D eigenvalue weighted by Crippen LogP contribution is 2.33. The van der Waals surface area contributed by atoms with Gasteiger partial charge in [0.2, 0.25) is 11.8 Å². The predicted octanol–water partition coefficient (Wildman–Crippen LogP) is 2.51. The van der Waals surface area contributed by atoms with Crippen molar-refractivity contribution in [3.8, 4) is 0 Å². The second kappa shape index (κ2) is 6.50. The summed E-state index contributed by atoms with van der Waals surface area (Å²) in [7, 11) is 0. The van der Waals surface area contributed by atoms with Gasteiger partial charge in [0.25, 0.3) is 0 Å². The average Bonchev–Trinajstić information content (AvgIpc) is 2.23. The van der Waals surface area contributed by atoms with Gasteiger partial charge in [-0.2, -0.15) is 0 Å². The highest BCUT2D eigenvalue weighted by atomic mass is 127. The third-order valence-corrected chi connectivity index (χ3v) is 4.28. The van der Waals surface area contributed by atoms with Crippen molar-refractivity contribution in [3.05, 3.63) is 18.8 Å². The SMILES string of the molecule is CC(=O)Nc1cc(NC(C)=O)c(I)c(C(=O)O)c1I. The number of carbonyl (C=O) groups excluding carboxylic acids is 2. The van der Waals surface area contributed by atoms with Crippen molar-refractivity contribution >= 4 is 74.3 Å². The minimum atomic E-state index is -1.12. The molecule has 0 saturated heterocycles. The normalized spacial score (nSPS) is 9.89. The number of halogens is 2. The molecule has 6 nitrogen and oxygen atoms in total. The number of hydrogen-bond acceptors (Lipinski definition) is 3. The number of carboxylic acid groups (broad SMARTS) is 1. The molecule has 1 rings (SSSR count). The van der Waals surface area contributed by atoms with Crippen LogP contribution in [0.2, 0.25) is 0 Å². The number of anilines is 2. The number of rotatable bonds is 3. The molecule has 0 aliphatic carbocycles. The maximum atomic E-state index is 11.3. The van der Waals surface area contributed by atoms with Crippen molar-refractivity contribution in [2.75, 3.05) is 10.6 Å². The lowest BCUT2D eigenvalue weighted by Crippen LogP contribution is -2.15. The van der Waals surface area contributed by atoms with Crippen LogP contribution >= 0.6 is 45.2 Å². The third-order valence-electron chi connectivity index (χ3n) is 2.04. The smallest absolute Gasteiger partial charge is 0.338 e. The van der Waals surface area contributed by atoms with E-state index in [2.05, 4.69) is 10.6 Å². The van der Waals surface area contributed by atoms with Crippen molar-refractivity contribution in [2.45, 2.75) is 13.8 Å². The Balaban J connectivity index is 3.49. The van der Waals surface area contributed by atoms with Crippen LogP contribution in [0.5, 0.6) is 0 Å². The van der Waals surface area contributed by atoms with Gasteiger partial charge in [0.05, 0.1) is 24.1 Å². The summed E-state index contributed by atoms with van der Waals surface area (Å²) in [5, 5.41) is 14.3. The molecule has 0 fully saturated rings. The number of nitrogens with one attached hydrogen (secondary N) is 2. The number of aromatic carboxylic acids is 1. The Morgan fingerprint density at radius 1 is 1.00 bits per heavy atom. The first-order valence-electron chi connectivity index (χ1n) is 5.04. The molecule has 102 valence electrons. The molecule has 1 aromatic carbocycles. The molecule has 0 bridgehead atoms. The van der Waals surface area contributed by atoms with Crippen molar-refractivity contribution in [1.29, 1.82) is 0 Å². The molecule has 2 amide bonds. The summed E-state index contributed by atoms with van der Waals surface area (Å²) in [5.41, 5.74) is 0.764. The van der Waals surface area contributed by atoms with Crippen molar-refractivity contribution in [3.63, 3.8) is 0 Å². The summed E-state index contributed by atoms with van der Waals surface area (Å²) in [6, 6.07) is 1.54. The van der Waals surface area contributed by atoms with E-state index >= 15 is 0 Å². The molecular formula is C11H10I2N2O4. The van der Waals surface area contributed by atoms with Gasteiger partial charge in [-0.15, -0.1) is 0 Å². The first-order valence-corrected chi connectivity index (χ1v) is 7.20. The van der Waals surface area contributed by atoms with Gasteiger partial charge < -0.3 is 15.7 Å². The Morgan fingerprint density at radius 3 is 1.63 bits per heavy atom. The first-order chi connectivity index (χ1) is 8.73. The number of carbonyl (C=O) groups is 3. The summed E-state index contributed by atoms with van der Waals surface area (Å²) in [4.78, 5) is 33.5. The zero-order chi connectivity index (χ0) is 14.7. The molecule has 0 aliphatic rings. The highest BCUT2D eigenvalue weighted by Gasteiger charge is 2.21. The minimum absolute atomic E-state index is 0.0520. The van der Waals surface area contributed by atoms with E-state index in [9.17, 15) is 19.5 Å². The van der Waals surface area contributed by atoms with Crippen LogP contribution in [0.25, 0.3) is 0 Å². The molecule has 0 saturated carbocycles. The van der Waals surface area contributed by atoms with E-state index in [-0.39, 0.29) is 17.4 Å². The fraction of sp³-hybridized carbons (Fsp3) is 0.182. The summed E-state index contributed by atoms with van der Waals surface area (Å²) < 4.78 is 0.831. The van der Waals surface area contributed by atoms with Gasteiger partial charge in [0.1, 0.15) is 0 Å². The molecule has 0 aromatic heterocycles. The lowest BCUT2D eigenvalue weighted by molar-refractivity contribution is -0.115. The fourth-order valence-electron chi connectivity index (χ4n) is 1.39. The number of hydrogen-bond donors (Lipinski definition) is 3. The van der Waals surface area contributed by atoms with Crippen molar-refractivity contribution in [1.82, 2.24) is 0 Å². The maximum absolute atomic E-state index is 11.3. The Labute approximate surface area is 136 Å². The summed E-state index contributed by atoms with van der Waals surface area (Å²) in [6.45, 7) is 2.65. The molecule has 3 N–H and O–H groups in total. The van der Waals surface area contributed by atoms with Crippen molar-refractivity contribution in [2.24, 2.45) is 0 Å². The van der Waals surface area contributed by atoms with Crippen LogP contribution in [0.15, 0.2) is 6.07 Å². The second-order valence-electron chi connectivity index (χ2n) is 3.64. The number of amides is 2. The third kappa shape index (κ3) is 4.03. The molecule has 8 heteroatoms. The first kappa shape index (κ1) is 16.1. The van der Waals surface area contributed by atoms with Crippen LogP contribution in [-0.4, -0.2) is 22.9 Å².